The standard InChI is InChI=1S/C24H21Cl2NO6/c1-32-19-4-3-5-20(33-2)21(19)14-8-6-13(7-9-14)10-18(24(30)31)27-23(29)22-16(25)11-15(28)12-17(22)26/h3-9,11-12,18,28H,10H2,1-2H3,(H,27,29)(H,30,31)/t18-/m0/s1. The second-order valence-corrected chi connectivity index (χ2v) is 7.90. The minimum atomic E-state index is -1.23. The van der Waals surface area contributed by atoms with Gasteiger partial charge in [0.25, 0.3) is 5.91 Å². The van der Waals surface area contributed by atoms with Gasteiger partial charge in [0.15, 0.2) is 0 Å². The first-order valence-electron chi connectivity index (χ1n) is 9.77. The molecule has 1 amide bonds. The van der Waals surface area contributed by atoms with Crippen molar-refractivity contribution in [3.8, 4) is 28.4 Å². The molecule has 0 bridgehead atoms. The number of aliphatic carboxylic acids is 1. The molecular formula is C24H21Cl2NO6. The van der Waals surface area contributed by atoms with Crippen LogP contribution in [-0.2, 0) is 11.2 Å². The van der Waals surface area contributed by atoms with Gasteiger partial charge < -0.3 is 25.0 Å². The Morgan fingerprint density at radius 1 is 0.970 bits per heavy atom. The van der Waals surface area contributed by atoms with Crippen LogP contribution in [0.25, 0.3) is 11.1 Å². The number of benzene rings is 3. The Kier molecular flexibility index (Phi) is 7.68. The van der Waals surface area contributed by atoms with Crippen LogP contribution in [0.4, 0.5) is 0 Å². The van der Waals surface area contributed by atoms with E-state index in [2.05, 4.69) is 5.32 Å². The highest BCUT2D eigenvalue weighted by Gasteiger charge is 2.24. The zero-order valence-corrected chi connectivity index (χ0v) is 19.3. The molecule has 3 aromatic carbocycles. The fourth-order valence-electron chi connectivity index (χ4n) is 3.39. The zero-order valence-electron chi connectivity index (χ0n) is 17.8. The molecule has 0 saturated carbocycles. The zero-order chi connectivity index (χ0) is 24.1. The molecule has 0 spiro atoms. The number of carboxylic acids is 1. The van der Waals surface area contributed by atoms with Crippen molar-refractivity contribution in [2.75, 3.05) is 14.2 Å². The van der Waals surface area contributed by atoms with E-state index < -0.39 is 17.9 Å². The molecule has 0 unspecified atom stereocenters. The highest BCUT2D eigenvalue weighted by molar-refractivity contribution is 6.40. The predicted molar refractivity (Wildman–Crippen MR) is 126 cm³/mol. The van der Waals surface area contributed by atoms with Gasteiger partial charge in [-0.25, -0.2) is 4.79 Å². The van der Waals surface area contributed by atoms with Crippen LogP contribution in [0.5, 0.6) is 17.2 Å². The molecule has 1 atom stereocenters. The van der Waals surface area contributed by atoms with Gasteiger partial charge in [-0.15, -0.1) is 0 Å². The number of nitrogens with one attached hydrogen (secondary N) is 1. The van der Waals surface area contributed by atoms with Gasteiger partial charge in [-0.05, 0) is 35.4 Å². The number of aromatic hydroxyl groups is 1. The summed E-state index contributed by atoms with van der Waals surface area (Å²) < 4.78 is 10.9. The van der Waals surface area contributed by atoms with E-state index in [1.807, 2.05) is 30.3 Å². The first-order chi connectivity index (χ1) is 15.7. The third kappa shape index (κ3) is 5.50. The monoisotopic (exact) mass is 489 g/mol. The summed E-state index contributed by atoms with van der Waals surface area (Å²) >= 11 is 12.0. The summed E-state index contributed by atoms with van der Waals surface area (Å²) in [6, 6.07) is 13.7. The molecule has 0 aliphatic rings. The van der Waals surface area contributed by atoms with Gasteiger partial charge in [0, 0.05) is 6.42 Å². The minimum Gasteiger partial charge on any atom is -0.508 e. The predicted octanol–water partition coefficient (Wildman–Crippen LogP) is 4.81. The molecule has 33 heavy (non-hydrogen) atoms. The number of methoxy groups -OCH3 is 2. The second kappa shape index (κ2) is 10.5. The van der Waals surface area contributed by atoms with Gasteiger partial charge in [0.2, 0.25) is 0 Å². The largest absolute Gasteiger partial charge is 0.508 e. The van der Waals surface area contributed by atoms with Gasteiger partial charge in [-0.1, -0.05) is 53.5 Å². The van der Waals surface area contributed by atoms with Crippen molar-refractivity contribution in [3.05, 3.63) is 75.8 Å². The molecule has 0 radical (unpaired) electrons. The van der Waals surface area contributed by atoms with Crippen LogP contribution < -0.4 is 14.8 Å². The Balaban J connectivity index is 1.82. The Morgan fingerprint density at radius 3 is 2.00 bits per heavy atom. The topological polar surface area (TPSA) is 105 Å². The van der Waals surface area contributed by atoms with Crippen LogP contribution >= 0.6 is 23.2 Å². The van der Waals surface area contributed by atoms with Gasteiger partial charge in [0.1, 0.15) is 23.3 Å². The number of amides is 1. The molecule has 7 nitrogen and oxygen atoms in total. The molecule has 0 aliphatic carbocycles. The second-order valence-electron chi connectivity index (χ2n) is 7.09. The van der Waals surface area contributed by atoms with Gasteiger partial charge >= 0.3 is 5.97 Å². The highest BCUT2D eigenvalue weighted by Crippen LogP contribution is 2.38. The number of hydrogen-bond acceptors (Lipinski definition) is 5. The summed E-state index contributed by atoms with van der Waals surface area (Å²) in [5, 5.41) is 21.4. The highest BCUT2D eigenvalue weighted by atomic mass is 35.5. The quantitative estimate of drug-likeness (QED) is 0.419. The number of carboxylic acid groups (broad SMARTS) is 1. The van der Waals surface area contributed by atoms with Crippen LogP contribution in [0, 0.1) is 0 Å². The molecule has 172 valence electrons. The molecule has 0 fully saturated rings. The number of ether oxygens (including phenoxy) is 2. The van der Waals surface area contributed by atoms with Crippen molar-refractivity contribution >= 4 is 35.1 Å². The first-order valence-corrected chi connectivity index (χ1v) is 10.5. The lowest BCUT2D eigenvalue weighted by Crippen LogP contribution is -2.42. The molecule has 0 heterocycles. The maximum Gasteiger partial charge on any atom is 0.326 e. The van der Waals surface area contributed by atoms with E-state index in [0.717, 1.165) is 23.3 Å². The van der Waals surface area contributed by atoms with Crippen LogP contribution in [0.3, 0.4) is 0 Å². The lowest BCUT2D eigenvalue weighted by molar-refractivity contribution is -0.139. The lowest BCUT2D eigenvalue weighted by Gasteiger charge is -2.17. The number of carbonyl (C=O) groups excluding carboxylic acids is 1. The minimum absolute atomic E-state index is 0.0255. The average Bonchev–Trinajstić information content (AvgIpc) is 2.77. The van der Waals surface area contributed by atoms with E-state index in [1.54, 1.807) is 26.4 Å². The van der Waals surface area contributed by atoms with Gasteiger partial charge in [0.05, 0.1) is 35.4 Å². The van der Waals surface area contributed by atoms with E-state index in [9.17, 15) is 19.8 Å². The Bertz CT molecular complexity index is 1130. The number of rotatable bonds is 8. The van der Waals surface area contributed by atoms with E-state index >= 15 is 0 Å². The van der Waals surface area contributed by atoms with Crippen LogP contribution in [0.2, 0.25) is 10.0 Å². The van der Waals surface area contributed by atoms with Crippen molar-refractivity contribution in [1.29, 1.82) is 0 Å². The summed E-state index contributed by atoms with van der Waals surface area (Å²) in [6.07, 6.45) is 0.0255. The van der Waals surface area contributed by atoms with Gasteiger partial charge in [-0.2, -0.15) is 0 Å². The molecule has 3 N–H and O–H groups in total. The summed E-state index contributed by atoms with van der Waals surface area (Å²) in [5.41, 5.74) is 2.17. The molecule has 0 aliphatic heterocycles. The number of halogens is 2. The van der Waals surface area contributed by atoms with E-state index in [4.69, 9.17) is 32.7 Å². The summed E-state index contributed by atoms with van der Waals surface area (Å²) in [7, 11) is 3.14. The third-order valence-corrected chi connectivity index (χ3v) is 5.56. The molecular weight excluding hydrogens is 469 g/mol. The van der Waals surface area contributed by atoms with Crippen LogP contribution in [0.1, 0.15) is 15.9 Å². The smallest absolute Gasteiger partial charge is 0.326 e. The fraction of sp³-hybridized carbons (Fsp3) is 0.167. The third-order valence-electron chi connectivity index (χ3n) is 4.97. The number of carbonyl (C=O) groups is 2. The summed E-state index contributed by atoms with van der Waals surface area (Å²) in [5.74, 6) is -0.901. The van der Waals surface area contributed by atoms with E-state index in [0.29, 0.717) is 17.1 Å². The normalized spacial score (nSPS) is 11.5. The summed E-state index contributed by atoms with van der Waals surface area (Å²) in [6.45, 7) is 0. The van der Waals surface area contributed by atoms with Crippen molar-refractivity contribution in [2.45, 2.75) is 12.5 Å². The maximum atomic E-state index is 12.6. The average molecular weight is 490 g/mol. The van der Waals surface area contributed by atoms with Crippen molar-refractivity contribution in [1.82, 2.24) is 5.32 Å². The lowest BCUT2D eigenvalue weighted by atomic mass is 9.99. The number of hydrogen-bond donors (Lipinski definition) is 3. The molecule has 9 heteroatoms. The number of phenols is 1. The summed E-state index contributed by atoms with van der Waals surface area (Å²) in [4.78, 5) is 24.4. The van der Waals surface area contributed by atoms with Crippen LogP contribution in [0.15, 0.2) is 54.6 Å². The maximum absolute atomic E-state index is 12.6. The number of phenolic OH excluding ortho intramolecular Hbond substituents is 1. The fourth-order valence-corrected chi connectivity index (χ4v) is 4.03. The molecule has 0 aromatic heterocycles. The van der Waals surface area contributed by atoms with E-state index in [1.165, 1.54) is 0 Å². The first kappa shape index (κ1) is 24.2. The Morgan fingerprint density at radius 2 is 1.52 bits per heavy atom. The van der Waals surface area contributed by atoms with Gasteiger partial charge in [-0.3, -0.25) is 4.79 Å². The van der Waals surface area contributed by atoms with Crippen molar-refractivity contribution < 1.29 is 29.3 Å². The van der Waals surface area contributed by atoms with Crippen LogP contribution in [-0.4, -0.2) is 42.4 Å². The Labute approximate surface area is 200 Å². The molecule has 0 saturated heterocycles. The Hall–Kier alpha value is -3.42. The van der Waals surface area contributed by atoms with E-state index in [-0.39, 0.29) is 27.8 Å². The van der Waals surface area contributed by atoms with Crippen molar-refractivity contribution in [3.63, 3.8) is 0 Å². The SMILES string of the molecule is COc1cccc(OC)c1-c1ccc(C[C@H](NC(=O)c2c(Cl)cc(O)cc2Cl)C(=O)O)cc1. The van der Waals surface area contributed by atoms with Crippen molar-refractivity contribution in [2.24, 2.45) is 0 Å². The molecule has 3 aromatic rings. The molecule has 3 rings (SSSR count).